The highest BCUT2D eigenvalue weighted by atomic mass is 19.3. The lowest BCUT2D eigenvalue weighted by Crippen LogP contribution is -2.25. The van der Waals surface area contributed by atoms with E-state index in [0.717, 1.165) is 104 Å². The number of aryl methyl sites for hydroxylation is 4. The van der Waals surface area contributed by atoms with Gasteiger partial charge in [0.2, 0.25) is 17.8 Å². The van der Waals surface area contributed by atoms with Gasteiger partial charge in [-0.15, -0.1) is 15.3 Å². The number of alkyl halides is 2. The molecule has 20 nitrogen and oxygen atoms in total. The van der Waals surface area contributed by atoms with Crippen molar-refractivity contribution in [1.82, 2.24) is 73.5 Å². The number of methoxy groups -OCH3 is 2. The summed E-state index contributed by atoms with van der Waals surface area (Å²) < 4.78 is 44.5. The Hall–Kier alpha value is -8.37. The Morgan fingerprint density at radius 3 is 1.34 bits per heavy atom. The van der Waals surface area contributed by atoms with Gasteiger partial charge in [-0.2, -0.15) is 5.10 Å². The molecule has 3 N–H and O–H groups in total. The van der Waals surface area contributed by atoms with E-state index in [1.165, 1.54) is 93.6 Å². The molecule has 498 valence electrons. The summed E-state index contributed by atoms with van der Waals surface area (Å²) >= 11 is 0. The molecule has 0 bridgehead atoms. The highest BCUT2D eigenvalue weighted by molar-refractivity contribution is 5.83. The lowest BCUT2D eigenvalue weighted by Gasteiger charge is -2.25. The van der Waals surface area contributed by atoms with E-state index in [4.69, 9.17) is 19.7 Å². The molecule has 0 aliphatic heterocycles. The first-order valence-corrected chi connectivity index (χ1v) is 33.8. The number of hydrogen-bond donors (Lipinski definition) is 3. The molecule has 3 aliphatic carbocycles. The second kappa shape index (κ2) is 30.4. The van der Waals surface area contributed by atoms with Crippen LogP contribution in [0.5, 0.6) is 0 Å². The van der Waals surface area contributed by atoms with Gasteiger partial charge in [0.15, 0.2) is 0 Å². The van der Waals surface area contributed by atoms with Crippen molar-refractivity contribution in [2.75, 3.05) is 43.4 Å². The minimum Gasteiger partial charge on any atom is -0.383 e. The average Bonchev–Trinajstić information content (AvgIpc) is 1.64. The van der Waals surface area contributed by atoms with Crippen LogP contribution in [-0.2, 0) is 16.0 Å². The lowest BCUT2D eigenvalue weighted by molar-refractivity contribution is 0.130. The second-order valence-electron chi connectivity index (χ2n) is 27.1. The topological polar surface area (TPSA) is 214 Å². The first-order valence-electron chi connectivity index (χ1n) is 33.8. The molecule has 22 heteroatoms. The van der Waals surface area contributed by atoms with E-state index in [1.807, 2.05) is 67.6 Å². The van der Waals surface area contributed by atoms with Crippen molar-refractivity contribution in [3.05, 3.63) is 138 Å². The summed E-state index contributed by atoms with van der Waals surface area (Å²) in [6.45, 7) is 22.4. The fraction of sp³-hybridized carbons (Fsp3) is 0.514. The van der Waals surface area contributed by atoms with E-state index in [9.17, 15) is 8.78 Å². The van der Waals surface area contributed by atoms with Crippen LogP contribution in [0.2, 0.25) is 0 Å². The number of hydrogen-bond acceptors (Lipinski definition) is 16. The molecule has 10 heterocycles. The Bertz CT molecular complexity index is 4100. The highest BCUT2D eigenvalue weighted by Crippen LogP contribution is 2.43. The fourth-order valence-corrected chi connectivity index (χ4v) is 13.7. The Kier molecular flexibility index (Phi) is 21.7. The molecule has 13 rings (SSSR count). The molecule has 0 amide bonds. The van der Waals surface area contributed by atoms with E-state index in [0.29, 0.717) is 49.4 Å². The van der Waals surface area contributed by atoms with Gasteiger partial charge < -0.3 is 25.4 Å². The summed E-state index contributed by atoms with van der Waals surface area (Å²) in [6.07, 6.45) is 27.0. The van der Waals surface area contributed by atoms with Gasteiger partial charge in [-0.05, 0) is 158 Å². The second-order valence-corrected chi connectivity index (χ2v) is 27.1. The third-order valence-electron chi connectivity index (χ3n) is 19.0. The molecule has 0 radical (unpaired) electrons. The number of pyridine rings is 2. The predicted octanol–water partition coefficient (Wildman–Crippen LogP) is 15.1. The third kappa shape index (κ3) is 16.2. The monoisotopic (exact) mass is 1280 g/mol. The number of nitrogens with one attached hydrogen (secondary N) is 3. The molecule has 3 aliphatic rings. The van der Waals surface area contributed by atoms with Crippen LogP contribution in [0.1, 0.15) is 182 Å². The molecule has 3 fully saturated rings. The number of halogens is 2. The summed E-state index contributed by atoms with van der Waals surface area (Å²) in [5, 5.41) is 28.5. The van der Waals surface area contributed by atoms with Gasteiger partial charge in [-0.3, -0.25) is 24.6 Å². The Balaban J connectivity index is 0.000000145. The van der Waals surface area contributed by atoms with Gasteiger partial charge in [-0.25, -0.2) is 37.3 Å². The molecular formula is C72H94F2N18O2. The predicted molar refractivity (Wildman–Crippen MR) is 367 cm³/mol. The maximum absolute atomic E-state index is 13.0. The van der Waals surface area contributed by atoms with E-state index < -0.39 is 12.5 Å². The van der Waals surface area contributed by atoms with Crippen molar-refractivity contribution in [1.29, 1.82) is 0 Å². The molecule has 3 atom stereocenters. The molecular weight excluding hydrogens is 1190 g/mol. The van der Waals surface area contributed by atoms with Crippen LogP contribution in [0.15, 0.2) is 92.0 Å². The van der Waals surface area contributed by atoms with Gasteiger partial charge in [0.25, 0.3) is 6.43 Å². The van der Waals surface area contributed by atoms with Gasteiger partial charge in [0.05, 0.1) is 84.7 Å². The maximum atomic E-state index is 13.0. The van der Waals surface area contributed by atoms with Crippen molar-refractivity contribution in [2.24, 2.45) is 17.8 Å². The normalized spacial score (nSPS) is 20.1. The van der Waals surface area contributed by atoms with E-state index in [2.05, 4.69) is 141 Å². The van der Waals surface area contributed by atoms with Gasteiger partial charge in [-0.1, -0.05) is 59.3 Å². The molecule has 0 aromatic carbocycles. The van der Waals surface area contributed by atoms with Crippen molar-refractivity contribution in [3.8, 4) is 33.4 Å². The van der Waals surface area contributed by atoms with E-state index >= 15 is 0 Å². The van der Waals surface area contributed by atoms with Crippen LogP contribution in [-0.4, -0.2) is 125 Å². The zero-order valence-corrected chi connectivity index (χ0v) is 56.8. The van der Waals surface area contributed by atoms with E-state index in [1.54, 1.807) is 39.0 Å². The molecule has 0 saturated heterocycles. The minimum atomic E-state index is -2.48. The molecule has 3 saturated carbocycles. The van der Waals surface area contributed by atoms with Crippen LogP contribution in [0.3, 0.4) is 0 Å². The van der Waals surface area contributed by atoms with Crippen molar-refractivity contribution < 1.29 is 18.3 Å². The Labute approximate surface area is 551 Å². The standard InChI is InChI=1S/C26H34N8O.C24H33N5O.C22H27F2N5/c1-17-5-7-20(8-6-17)24-9-23(25-13-29-26(32-34(24)25)31-19(3)16-35-4)21-11-30-33(14-21)15-22-12-27-18(2)10-28-22;1-15-6-8-19(9-7-15)22-12-21(20-10-16(2)26-17(3)11-20)23-13-25-24(28-29(22)23)27-18(4)14-30-5;1-13-4-6-16(7-5-13)19-11-18(17-8-9-25-14(2)10-17)20-12-26-22(28-29(19)20)27-15(3)21(23)24/h9-14,17,19-20H,5-8,15-16H2,1-4H3,(H,31,32);10-13,15,18-19H,6-9,14H2,1-5H3,(H,27,28);8-13,15-16,21H,4-7H2,1-3H3,(H,27,28)/t17?,19-,20?;15?,18-,19?;13?,15-,16?/m000/s1. The smallest absolute Gasteiger partial charge is 0.258 e. The summed E-state index contributed by atoms with van der Waals surface area (Å²) in [7, 11) is 3.41. The number of nitrogens with zero attached hydrogens (tertiary/aromatic N) is 15. The summed E-state index contributed by atoms with van der Waals surface area (Å²) in [4.78, 5) is 31.2. The Morgan fingerprint density at radius 2 is 0.915 bits per heavy atom. The zero-order chi connectivity index (χ0) is 66.2. The van der Waals surface area contributed by atoms with Gasteiger partial charge in [0, 0.05) is 119 Å². The number of fused-ring (bicyclic) bond motifs is 3. The largest absolute Gasteiger partial charge is 0.383 e. The van der Waals surface area contributed by atoms with Crippen molar-refractivity contribution in [3.63, 3.8) is 0 Å². The van der Waals surface area contributed by atoms with E-state index in [-0.39, 0.29) is 18.0 Å². The molecule has 10 aromatic rings. The van der Waals surface area contributed by atoms with Crippen molar-refractivity contribution >= 4 is 34.4 Å². The lowest BCUT2D eigenvalue weighted by atomic mass is 9.81. The number of aromatic nitrogens is 15. The first-order chi connectivity index (χ1) is 45.4. The van der Waals surface area contributed by atoms with Gasteiger partial charge >= 0.3 is 0 Å². The van der Waals surface area contributed by atoms with Crippen LogP contribution >= 0.6 is 0 Å². The molecule has 0 unspecified atom stereocenters. The number of rotatable bonds is 19. The maximum Gasteiger partial charge on any atom is 0.258 e. The van der Waals surface area contributed by atoms with Crippen LogP contribution in [0.4, 0.5) is 26.6 Å². The SMILES string of the molecule is COC[C@H](C)Nc1ncc2c(-c3cc(C)nc(C)c3)cc(C3CCC(C)CC3)n2n1.COC[C@H](C)Nc1ncc2c(-c3cnn(Cc4cnc(C)cn4)c3)cc(C3CCC(C)CC3)n2n1.Cc1cc(-c2cc(C3CCC(C)CC3)n3nc(N[C@@H](C)C(F)F)ncc23)ccn1. The molecule has 10 aromatic heterocycles. The molecule has 94 heavy (non-hydrogen) atoms. The number of anilines is 3. The number of ether oxygens (including phenoxy) is 2. The summed E-state index contributed by atoms with van der Waals surface area (Å²) in [6, 6.07) is 14.4. The summed E-state index contributed by atoms with van der Waals surface area (Å²) in [5.41, 5.74) is 18.1. The highest BCUT2D eigenvalue weighted by Gasteiger charge is 2.29. The van der Waals surface area contributed by atoms with Crippen LogP contribution in [0.25, 0.3) is 49.9 Å². The molecule has 0 spiro atoms. The van der Waals surface area contributed by atoms with Crippen LogP contribution < -0.4 is 16.0 Å². The van der Waals surface area contributed by atoms with Crippen LogP contribution in [0, 0.1) is 45.4 Å². The summed E-state index contributed by atoms with van der Waals surface area (Å²) in [5.74, 6) is 5.27. The average molecular weight is 1280 g/mol. The first kappa shape index (κ1) is 67.1. The minimum absolute atomic E-state index is 0.120. The Morgan fingerprint density at radius 1 is 0.479 bits per heavy atom. The van der Waals surface area contributed by atoms with Gasteiger partial charge in [0.1, 0.15) is 0 Å². The third-order valence-corrected chi connectivity index (χ3v) is 19.0. The fourth-order valence-electron chi connectivity index (χ4n) is 13.7. The van der Waals surface area contributed by atoms with Crippen molar-refractivity contribution in [2.45, 2.75) is 195 Å². The zero-order valence-electron chi connectivity index (χ0n) is 56.8. The quantitative estimate of drug-likeness (QED) is 0.0686.